The van der Waals surface area contributed by atoms with Crippen molar-refractivity contribution in [3.8, 4) is 0 Å². The lowest BCUT2D eigenvalue weighted by atomic mass is 9.86. The molecule has 2 aromatic rings. The first-order valence-corrected chi connectivity index (χ1v) is 6.50. The van der Waals surface area contributed by atoms with Crippen LogP contribution in [-0.4, -0.2) is 4.98 Å². The number of nitrogens with one attached hydrogen (secondary N) is 1. The number of hydrogen-bond donors (Lipinski definition) is 2. The second-order valence-electron chi connectivity index (χ2n) is 5.33. The first-order valence-electron chi connectivity index (χ1n) is 5.71. The molecule has 19 heavy (non-hydrogen) atoms. The van der Waals surface area contributed by atoms with Gasteiger partial charge in [-0.25, -0.2) is 19.6 Å². The van der Waals surface area contributed by atoms with Gasteiger partial charge in [-0.1, -0.05) is 20.8 Å². The number of aromatic nitrogens is 1. The van der Waals surface area contributed by atoms with Crippen molar-refractivity contribution in [2.24, 2.45) is 5.84 Å². The van der Waals surface area contributed by atoms with E-state index in [0.29, 0.717) is 5.82 Å². The van der Waals surface area contributed by atoms with Crippen LogP contribution in [0.2, 0.25) is 0 Å². The van der Waals surface area contributed by atoms with Gasteiger partial charge in [0.2, 0.25) is 0 Å². The molecule has 6 heteroatoms. The van der Waals surface area contributed by atoms with E-state index in [0.717, 1.165) is 11.6 Å². The maximum absolute atomic E-state index is 14.1. The van der Waals surface area contributed by atoms with E-state index in [-0.39, 0.29) is 20.8 Å². The lowest BCUT2D eigenvalue weighted by Crippen LogP contribution is -2.19. The third kappa shape index (κ3) is 2.42. The number of hydrogen-bond acceptors (Lipinski definition) is 3. The lowest BCUT2D eigenvalue weighted by molar-refractivity contribution is 0.586. The Morgan fingerprint density at radius 1 is 1.26 bits per heavy atom. The topological polar surface area (TPSA) is 50.9 Å². The van der Waals surface area contributed by atoms with Crippen LogP contribution in [0, 0.1) is 11.6 Å². The standard InChI is InChI=1S/C13H14BrF2N3/c1-13(2,3)7-4-6-10(16)8(14)5-9(15)11(6)18-12(7)19-17/h4-5H,17H2,1-3H3,(H,18,19). The highest BCUT2D eigenvalue weighted by atomic mass is 79.9. The Balaban J connectivity index is 2.90. The summed E-state index contributed by atoms with van der Waals surface area (Å²) in [6.45, 7) is 5.84. The van der Waals surface area contributed by atoms with E-state index in [1.807, 2.05) is 20.8 Å². The van der Waals surface area contributed by atoms with E-state index < -0.39 is 11.6 Å². The van der Waals surface area contributed by atoms with Crippen molar-refractivity contribution in [2.75, 3.05) is 5.43 Å². The fourth-order valence-electron chi connectivity index (χ4n) is 1.92. The molecule has 0 aliphatic heterocycles. The fraction of sp³-hybridized carbons (Fsp3) is 0.308. The Kier molecular flexibility index (Phi) is 3.49. The van der Waals surface area contributed by atoms with Gasteiger partial charge in [0.25, 0.3) is 0 Å². The monoisotopic (exact) mass is 329 g/mol. The molecule has 1 aromatic carbocycles. The number of benzene rings is 1. The van der Waals surface area contributed by atoms with E-state index in [4.69, 9.17) is 5.84 Å². The predicted octanol–water partition coefficient (Wildman–Crippen LogP) is 3.86. The van der Waals surface area contributed by atoms with Crippen LogP contribution in [0.3, 0.4) is 0 Å². The summed E-state index contributed by atoms with van der Waals surface area (Å²) in [6.07, 6.45) is 0. The third-order valence-electron chi connectivity index (χ3n) is 2.89. The smallest absolute Gasteiger partial charge is 0.150 e. The average molecular weight is 330 g/mol. The normalized spacial score (nSPS) is 11.9. The van der Waals surface area contributed by atoms with E-state index in [2.05, 4.69) is 26.3 Å². The maximum atomic E-state index is 14.1. The molecule has 102 valence electrons. The average Bonchev–Trinajstić information content (AvgIpc) is 2.33. The molecular formula is C13H14BrF2N3. The Hall–Kier alpha value is -1.27. The van der Waals surface area contributed by atoms with E-state index in [1.165, 1.54) is 0 Å². The number of rotatable bonds is 1. The third-order valence-corrected chi connectivity index (χ3v) is 3.47. The first kappa shape index (κ1) is 14.1. The van der Waals surface area contributed by atoms with E-state index in [1.54, 1.807) is 6.07 Å². The minimum Gasteiger partial charge on any atom is -0.308 e. The fourth-order valence-corrected chi connectivity index (χ4v) is 2.33. The molecule has 1 heterocycles. The summed E-state index contributed by atoms with van der Waals surface area (Å²) in [6, 6.07) is 2.64. The molecule has 0 radical (unpaired) electrons. The van der Waals surface area contributed by atoms with Gasteiger partial charge in [0, 0.05) is 10.9 Å². The highest BCUT2D eigenvalue weighted by Crippen LogP contribution is 2.34. The van der Waals surface area contributed by atoms with Gasteiger partial charge in [0.05, 0.1) is 4.47 Å². The van der Waals surface area contributed by atoms with Crippen LogP contribution >= 0.6 is 15.9 Å². The quantitative estimate of drug-likeness (QED) is 0.474. The molecule has 3 nitrogen and oxygen atoms in total. The van der Waals surface area contributed by atoms with Crippen LogP contribution < -0.4 is 11.3 Å². The molecule has 0 saturated carbocycles. The Labute approximate surface area is 118 Å². The lowest BCUT2D eigenvalue weighted by Gasteiger charge is -2.22. The van der Waals surface area contributed by atoms with Crippen molar-refractivity contribution in [1.29, 1.82) is 0 Å². The first-order chi connectivity index (χ1) is 8.75. The predicted molar refractivity (Wildman–Crippen MR) is 75.9 cm³/mol. The van der Waals surface area contributed by atoms with Crippen molar-refractivity contribution in [3.05, 3.63) is 33.8 Å². The number of fused-ring (bicyclic) bond motifs is 1. The molecular weight excluding hydrogens is 316 g/mol. The number of halogens is 3. The van der Waals surface area contributed by atoms with Crippen molar-refractivity contribution in [3.63, 3.8) is 0 Å². The Morgan fingerprint density at radius 2 is 1.89 bits per heavy atom. The Bertz CT molecular complexity index is 651. The number of nitrogen functional groups attached to an aromatic ring is 1. The van der Waals surface area contributed by atoms with Gasteiger partial charge in [0.15, 0.2) is 5.82 Å². The van der Waals surface area contributed by atoms with Gasteiger partial charge >= 0.3 is 0 Å². The molecule has 0 spiro atoms. The number of nitrogens with two attached hydrogens (primary N) is 1. The van der Waals surface area contributed by atoms with Crippen LogP contribution in [0.5, 0.6) is 0 Å². The summed E-state index contributed by atoms with van der Waals surface area (Å²) in [5.41, 5.74) is 2.83. The highest BCUT2D eigenvalue weighted by molar-refractivity contribution is 9.10. The summed E-state index contributed by atoms with van der Waals surface area (Å²) in [4.78, 5) is 4.09. The molecule has 0 saturated heterocycles. The Morgan fingerprint density at radius 3 is 2.42 bits per heavy atom. The van der Waals surface area contributed by atoms with Crippen molar-refractivity contribution < 1.29 is 8.78 Å². The number of pyridine rings is 1. The molecule has 0 unspecified atom stereocenters. The second-order valence-corrected chi connectivity index (χ2v) is 6.18. The maximum Gasteiger partial charge on any atom is 0.150 e. The molecule has 0 bridgehead atoms. The van der Waals surface area contributed by atoms with Gasteiger partial charge in [-0.05, 0) is 33.5 Å². The van der Waals surface area contributed by atoms with Gasteiger partial charge < -0.3 is 5.43 Å². The molecule has 0 amide bonds. The molecule has 2 rings (SSSR count). The van der Waals surface area contributed by atoms with Crippen molar-refractivity contribution in [2.45, 2.75) is 26.2 Å². The number of nitrogens with zero attached hydrogens (tertiary/aromatic N) is 1. The molecule has 0 atom stereocenters. The minimum absolute atomic E-state index is 0.0401. The molecule has 0 aliphatic carbocycles. The summed E-state index contributed by atoms with van der Waals surface area (Å²) < 4.78 is 28.0. The van der Waals surface area contributed by atoms with Crippen molar-refractivity contribution in [1.82, 2.24) is 4.98 Å². The minimum atomic E-state index is -0.597. The van der Waals surface area contributed by atoms with Gasteiger partial charge in [-0.15, -0.1) is 0 Å². The molecule has 1 aromatic heterocycles. The summed E-state index contributed by atoms with van der Waals surface area (Å²) >= 11 is 2.99. The molecule has 0 fully saturated rings. The molecule has 0 aliphatic rings. The molecule has 3 N–H and O–H groups in total. The zero-order valence-electron chi connectivity index (χ0n) is 10.8. The zero-order valence-corrected chi connectivity index (χ0v) is 12.4. The van der Waals surface area contributed by atoms with Gasteiger partial charge in [0.1, 0.15) is 17.2 Å². The number of anilines is 1. The van der Waals surface area contributed by atoms with Gasteiger partial charge in [-0.3, -0.25) is 0 Å². The highest BCUT2D eigenvalue weighted by Gasteiger charge is 2.22. The summed E-state index contributed by atoms with van der Waals surface area (Å²) in [5.74, 6) is 4.64. The zero-order chi connectivity index (χ0) is 14.4. The van der Waals surface area contributed by atoms with Crippen LogP contribution in [0.4, 0.5) is 14.6 Å². The SMILES string of the molecule is CC(C)(C)c1cc2c(F)c(Br)cc(F)c2nc1NN. The van der Waals surface area contributed by atoms with Crippen LogP contribution in [0.1, 0.15) is 26.3 Å². The van der Waals surface area contributed by atoms with E-state index in [9.17, 15) is 8.78 Å². The van der Waals surface area contributed by atoms with Crippen molar-refractivity contribution >= 4 is 32.7 Å². The van der Waals surface area contributed by atoms with Crippen LogP contribution in [0.15, 0.2) is 16.6 Å². The van der Waals surface area contributed by atoms with Gasteiger partial charge in [-0.2, -0.15) is 0 Å². The van der Waals surface area contributed by atoms with Crippen LogP contribution in [0.25, 0.3) is 10.9 Å². The largest absolute Gasteiger partial charge is 0.308 e. The van der Waals surface area contributed by atoms with Crippen LogP contribution in [-0.2, 0) is 5.41 Å². The summed E-state index contributed by atoms with van der Waals surface area (Å²) in [5, 5.41) is 0.135. The van der Waals surface area contributed by atoms with E-state index >= 15 is 0 Å². The summed E-state index contributed by atoms with van der Waals surface area (Å²) in [7, 11) is 0. The second kappa shape index (κ2) is 4.68. The number of hydrazine groups is 1.